The lowest BCUT2D eigenvalue weighted by molar-refractivity contribution is -0.116. The van der Waals surface area contributed by atoms with E-state index in [0.717, 1.165) is 65.7 Å². The van der Waals surface area contributed by atoms with Gasteiger partial charge in [-0.1, -0.05) is 13.3 Å². The Labute approximate surface area is 150 Å². The molecule has 0 spiro atoms. The Hall–Kier alpha value is -1.60. The number of H-pyrrole nitrogens is 1. The van der Waals surface area contributed by atoms with Crippen LogP contribution in [0.5, 0.6) is 0 Å². The van der Waals surface area contributed by atoms with Crippen LogP contribution >= 0.6 is 15.9 Å². The number of amides is 1. The Balaban J connectivity index is 1.96. The van der Waals surface area contributed by atoms with Crippen LogP contribution in [0.2, 0.25) is 0 Å². The van der Waals surface area contributed by atoms with Crippen molar-refractivity contribution < 1.29 is 4.79 Å². The highest BCUT2D eigenvalue weighted by molar-refractivity contribution is 9.10. The number of rotatable bonds is 5. The van der Waals surface area contributed by atoms with Gasteiger partial charge in [0, 0.05) is 37.9 Å². The van der Waals surface area contributed by atoms with E-state index in [2.05, 4.69) is 43.0 Å². The maximum atomic E-state index is 12.1. The summed E-state index contributed by atoms with van der Waals surface area (Å²) in [6, 6.07) is 0.176. The Morgan fingerprint density at radius 3 is 3.17 bits per heavy atom. The molecule has 7 heteroatoms. The molecule has 2 aromatic rings. The second-order valence-corrected chi connectivity index (χ2v) is 7.24. The third-order valence-electron chi connectivity index (χ3n) is 4.43. The van der Waals surface area contributed by atoms with Gasteiger partial charge in [-0.25, -0.2) is 4.98 Å². The molecule has 0 radical (unpaired) electrons. The van der Waals surface area contributed by atoms with Gasteiger partial charge in [0.1, 0.15) is 5.65 Å². The fraction of sp³-hybridized carbons (Fsp3) is 0.529. The summed E-state index contributed by atoms with van der Waals surface area (Å²) in [5.41, 5.74) is 8.78. The van der Waals surface area contributed by atoms with Crippen LogP contribution in [0.3, 0.4) is 0 Å². The third-order valence-corrected chi connectivity index (χ3v) is 5.02. The minimum absolute atomic E-state index is 0.0408. The number of aromatic amines is 1. The molecule has 0 aliphatic carbocycles. The summed E-state index contributed by atoms with van der Waals surface area (Å²) in [5, 5.41) is 3.98. The number of pyridine rings is 1. The fourth-order valence-corrected chi connectivity index (χ4v) is 3.78. The smallest absolute Gasteiger partial charge is 0.224 e. The van der Waals surface area contributed by atoms with Gasteiger partial charge in [0.25, 0.3) is 0 Å². The Bertz CT molecular complexity index is 729. The van der Waals surface area contributed by atoms with E-state index >= 15 is 0 Å². The predicted molar refractivity (Wildman–Crippen MR) is 101 cm³/mol. The number of aromatic nitrogens is 2. The Morgan fingerprint density at radius 2 is 2.42 bits per heavy atom. The summed E-state index contributed by atoms with van der Waals surface area (Å²) >= 11 is 3.63. The Morgan fingerprint density at radius 1 is 1.58 bits per heavy atom. The van der Waals surface area contributed by atoms with Crippen molar-refractivity contribution in [1.82, 2.24) is 9.97 Å². The first-order valence-corrected chi connectivity index (χ1v) is 9.35. The number of carbonyl (C=O) groups excluding carboxylic acids is 1. The lowest BCUT2D eigenvalue weighted by Gasteiger charge is -2.33. The quantitative estimate of drug-likeness (QED) is 0.726. The zero-order valence-corrected chi connectivity index (χ0v) is 15.5. The number of halogens is 1. The molecule has 0 bridgehead atoms. The molecule has 0 unspecified atom stereocenters. The van der Waals surface area contributed by atoms with Crippen molar-refractivity contribution in [2.45, 2.75) is 45.1 Å². The van der Waals surface area contributed by atoms with Crippen molar-refractivity contribution in [2.75, 3.05) is 23.3 Å². The molecule has 6 nitrogen and oxygen atoms in total. The number of hydrogen-bond acceptors (Lipinski definition) is 4. The fourth-order valence-electron chi connectivity index (χ4n) is 3.23. The van der Waals surface area contributed by atoms with E-state index in [0.29, 0.717) is 6.42 Å². The standard InChI is InChI=1S/C17H24BrN5O/c1-2-3-6-14(24)22-13-9-21-17-15(13)16(12(18)8-20-17)23-7-4-5-11(19)10-23/h8-9,11H,2-7,10,19H2,1H3,(H,20,21)(H,22,24)/t11-/m1/s1. The molecule has 2 aromatic heterocycles. The van der Waals surface area contributed by atoms with Crippen molar-refractivity contribution >= 4 is 44.2 Å². The van der Waals surface area contributed by atoms with E-state index in [1.165, 1.54) is 0 Å². The lowest BCUT2D eigenvalue weighted by Crippen LogP contribution is -2.43. The molecular formula is C17H24BrN5O. The number of nitrogens with zero attached hydrogens (tertiary/aromatic N) is 2. The minimum Gasteiger partial charge on any atom is -0.368 e. The van der Waals surface area contributed by atoms with Crippen LogP contribution < -0.4 is 16.0 Å². The van der Waals surface area contributed by atoms with Crippen molar-refractivity contribution in [3.05, 3.63) is 16.9 Å². The van der Waals surface area contributed by atoms with Gasteiger partial charge < -0.3 is 20.9 Å². The monoisotopic (exact) mass is 393 g/mol. The molecule has 1 fully saturated rings. The summed E-state index contributed by atoms with van der Waals surface area (Å²) in [4.78, 5) is 22.0. The number of anilines is 2. The molecule has 3 rings (SSSR count). The third kappa shape index (κ3) is 3.57. The number of carbonyl (C=O) groups is 1. The van der Waals surface area contributed by atoms with Gasteiger partial charge in [-0.15, -0.1) is 0 Å². The average Bonchev–Trinajstić information content (AvgIpc) is 2.95. The van der Waals surface area contributed by atoms with E-state index < -0.39 is 0 Å². The predicted octanol–water partition coefficient (Wildman–Crippen LogP) is 3.38. The molecule has 1 aliphatic rings. The molecule has 1 amide bonds. The number of nitrogens with two attached hydrogens (primary N) is 1. The molecule has 0 aromatic carbocycles. The summed E-state index contributed by atoms with van der Waals surface area (Å²) in [7, 11) is 0. The van der Waals surface area contributed by atoms with E-state index in [4.69, 9.17) is 5.73 Å². The summed E-state index contributed by atoms with van der Waals surface area (Å²) in [6.45, 7) is 3.85. The van der Waals surface area contributed by atoms with Gasteiger partial charge in [0.2, 0.25) is 5.91 Å². The first-order chi connectivity index (χ1) is 11.6. The zero-order valence-electron chi connectivity index (χ0n) is 13.9. The largest absolute Gasteiger partial charge is 0.368 e. The first-order valence-electron chi connectivity index (χ1n) is 8.56. The SMILES string of the molecule is CCCCC(=O)Nc1c[nH]c2ncc(Br)c(N3CCC[C@@H](N)C3)c12. The molecule has 1 aliphatic heterocycles. The van der Waals surface area contributed by atoms with Gasteiger partial charge in [-0.05, 0) is 35.2 Å². The van der Waals surface area contributed by atoms with Crippen LogP contribution in [0.4, 0.5) is 11.4 Å². The molecule has 1 atom stereocenters. The highest BCUT2D eigenvalue weighted by Crippen LogP contribution is 2.38. The molecule has 24 heavy (non-hydrogen) atoms. The van der Waals surface area contributed by atoms with Gasteiger partial charge in [-0.2, -0.15) is 0 Å². The number of piperidine rings is 1. The maximum absolute atomic E-state index is 12.1. The van der Waals surface area contributed by atoms with Crippen LogP contribution in [0.25, 0.3) is 11.0 Å². The van der Waals surface area contributed by atoms with Crippen molar-refractivity contribution in [2.24, 2.45) is 5.73 Å². The topological polar surface area (TPSA) is 87.0 Å². The second kappa shape index (κ2) is 7.53. The van der Waals surface area contributed by atoms with Crippen molar-refractivity contribution in [1.29, 1.82) is 0 Å². The van der Waals surface area contributed by atoms with Crippen LogP contribution in [0, 0.1) is 0 Å². The number of hydrogen-bond donors (Lipinski definition) is 3. The summed E-state index contributed by atoms with van der Waals surface area (Å²) in [6.07, 6.45) is 8.18. The Kier molecular flexibility index (Phi) is 5.40. The normalized spacial score (nSPS) is 18.1. The zero-order chi connectivity index (χ0) is 17.1. The number of unbranched alkanes of at least 4 members (excludes halogenated alkanes) is 1. The number of fused-ring (bicyclic) bond motifs is 1. The highest BCUT2D eigenvalue weighted by atomic mass is 79.9. The van der Waals surface area contributed by atoms with Crippen LogP contribution in [-0.2, 0) is 4.79 Å². The average molecular weight is 394 g/mol. The van der Waals surface area contributed by atoms with Crippen LogP contribution in [-0.4, -0.2) is 35.0 Å². The maximum Gasteiger partial charge on any atom is 0.224 e. The summed E-state index contributed by atoms with van der Waals surface area (Å²) < 4.78 is 0.924. The number of nitrogens with one attached hydrogen (secondary N) is 2. The first kappa shape index (κ1) is 17.2. The van der Waals surface area contributed by atoms with E-state index in [1.807, 2.05) is 6.20 Å². The van der Waals surface area contributed by atoms with E-state index in [9.17, 15) is 4.79 Å². The van der Waals surface area contributed by atoms with E-state index in [-0.39, 0.29) is 11.9 Å². The molecule has 1 saturated heterocycles. The molecular weight excluding hydrogens is 370 g/mol. The van der Waals surface area contributed by atoms with Crippen LogP contribution in [0.1, 0.15) is 39.0 Å². The molecule has 3 heterocycles. The van der Waals surface area contributed by atoms with Crippen molar-refractivity contribution in [3.8, 4) is 0 Å². The van der Waals surface area contributed by atoms with Gasteiger partial charge >= 0.3 is 0 Å². The van der Waals surface area contributed by atoms with Crippen molar-refractivity contribution in [3.63, 3.8) is 0 Å². The van der Waals surface area contributed by atoms with E-state index in [1.54, 1.807) is 6.20 Å². The van der Waals surface area contributed by atoms with Gasteiger partial charge in [-0.3, -0.25) is 4.79 Å². The molecule has 0 saturated carbocycles. The highest BCUT2D eigenvalue weighted by Gasteiger charge is 2.23. The second-order valence-electron chi connectivity index (χ2n) is 6.38. The lowest BCUT2D eigenvalue weighted by atomic mass is 10.1. The minimum atomic E-state index is 0.0408. The molecule has 4 N–H and O–H groups in total. The van der Waals surface area contributed by atoms with Gasteiger partial charge in [0.15, 0.2) is 0 Å². The summed E-state index contributed by atoms with van der Waals surface area (Å²) in [5.74, 6) is 0.0408. The molecule has 130 valence electrons. The van der Waals surface area contributed by atoms with Gasteiger partial charge in [0.05, 0.1) is 21.2 Å². The van der Waals surface area contributed by atoms with Crippen LogP contribution in [0.15, 0.2) is 16.9 Å².